The lowest BCUT2D eigenvalue weighted by Crippen LogP contribution is -2.47. The average molecular weight is 329 g/mol. The number of ether oxygens (including phenoxy) is 1. The van der Waals surface area contributed by atoms with Gasteiger partial charge in [0.15, 0.2) is 0 Å². The Kier molecular flexibility index (Phi) is 6.83. The normalized spacial score (nSPS) is 14.9. The second-order valence-corrected chi connectivity index (χ2v) is 5.27. The van der Waals surface area contributed by atoms with Gasteiger partial charge < -0.3 is 10.1 Å². The number of rotatable bonds is 5. The summed E-state index contributed by atoms with van der Waals surface area (Å²) in [5, 5.41) is 3.16. The lowest BCUT2D eigenvalue weighted by atomic mass is 10.1. The van der Waals surface area contributed by atoms with Gasteiger partial charge in [-0.05, 0) is 31.5 Å². The first-order valence-corrected chi connectivity index (χ1v) is 6.91. The molecule has 0 aliphatic rings. The Morgan fingerprint density at radius 3 is 2.53 bits per heavy atom. The van der Waals surface area contributed by atoms with E-state index in [-0.39, 0.29) is 12.1 Å². The summed E-state index contributed by atoms with van der Waals surface area (Å²) in [6.45, 7) is 4.61. The van der Waals surface area contributed by atoms with E-state index in [9.17, 15) is 0 Å². The van der Waals surface area contributed by atoms with Gasteiger partial charge in [0.2, 0.25) is 5.96 Å². The van der Waals surface area contributed by atoms with Crippen molar-refractivity contribution in [2.45, 2.75) is 25.9 Å². The van der Waals surface area contributed by atoms with Crippen molar-refractivity contribution < 1.29 is 4.74 Å². The van der Waals surface area contributed by atoms with Crippen molar-refractivity contribution >= 4 is 21.9 Å². The van der Waals surface area contributed by atoms with Gasteiger partial charge in [-0.1, -0.05) is 28.1 Å². The second-order valence-electron chi connectivity index (χ2n) is 4.35. The van der Waals surface area contributed by atoms with E-state index in [1.54, 1.807) is 7.11 Å². The number of hydrogen-bond donors (Lipinski definition) is 3. The van der Waals surface area contributed by atoms with Crippen molar-refractivity contribution in [3.05, 3.63) is 34.3 Å². The van der Waals surface area contributed by atoms with Crippen LogP contribution >= 0.6 is 15.9 Å². The third-order valence-corrected chi connectivity index (χ3v) is 3.14. The molecule has 0 aromatic heterocycles. The molecule has 4 N–H and O–H groups in total. The molecule has 2 unspecified atom stereocenters. The first-order chi connectivity index (χ1) is 9.06. The molecule has 1 aromatic rings. The number of nitrogens with two attached hydrogens (primary N) is 1. The van der Waals surface area contributed by atoms with E-state index < -0.39 is 0 Å². The fraction of sp³-hybridized carbons (Fsp3) is 0.462. The minimum atomic E-state index is 0.0152. The van der Waals surface area contributed by atoms with Gasteiger partial charge in [0.25, 0.3) is 0 Å². The Morgan fingerprint density at radius 2 is 2.00 bits per heavy atom. The SMILES string of the molecule is COCC(C)NC(=NC(C)c1ccc(Br)cc1)NN. The van der Waals surface area contributed by atoms with Crippen LogP contribution in [0.4, 0.5) is 0 Å². The number of aliphatic imine (C=N–C) groups is 1. The van der Waals surface area contributed by atoms with Crippen LogP contribution in [0, 0.1) is 0 Å². The smallest absolute Gasteiger partial charge is 0.206 e. The van der Waals surface area contributed by atoms with Gasteiger partial charge in [-0.3, -0.25) is 5.43 Å². The number of nitrogens with one attached hydrogen (secondary N) is 2. The number of hydrazine groups is 1. The molecule has 2 atom stereocenters. The minimum Gasteiger partial charge on any atom is -0.383 e. The van der Waals surface area contributed by atoms with Crippen LogP contribution in [-0.4, -0.2) is 25.7 Å². The van der Waals surface area contributed by atoms with Crippen LogP contribution in [0.2, 0.25) is 0 Å². The first kappa shape index (κ1) is 15.9. The number of methoxy groups -OCH3 is 1. The number of hydrogen-bond acceptors (Lipinski definition) is 3. The van der Waals surface area contributed by atoms with Gasteiger partial charge in [-0.25, -0.2) is 10.8 Å². The average Bonchev–Trinajstić information content (AvgIpc) is 2.38. The van der Waals surface area contributed by atoms with E-state index >= 15 is 0 Å². The molecule has 1 aromatic carbocycles. The zero-order valence-electron chi connectivity index (χ0n) is 11.5. The topological polar surface area (TPSA) is 71.7 Å². The fourth-order valence-corrected chi connectivity index (χ4v) is 1.92. The second kappa shape index (κ2) is 8.14. The molecule has 0 aliphatic heterocycles. The maximum absolute atomic E-state index is 5.48. The summed E-state index contributed by atoms with van der Waals surface area (Å²) in [6, 6.07) is 8.21. The molecule has 0 saturated heterocycles. The monoisotopic (exact) mass is 328 g/mol. The van der Waals surface area contributed by atoms with Crippen LogP contribution in [0.15, 0.2) is 33.7 Å². The van der Waals surface area contributed by atoms with E-state index in [4.69, 9.17) is 10.6 Å². The lowest BCUT2D eigenvalue weighted by Gasteiger charge is -2.17. The largest absolute Gasteiger partial charge is 0.383 e. The third kappa shape index (κ3) is 5.59. The maximum Gasteiger partial charge on any atom is 0.206 e. The molecule has 106 valence electrons. The molecule has 0 amide bonds. The summed E-state index contributed by atoms with van der Waals surface area (Å²) >= 11 is 3.41. The van der Waals surface area contributed by atoms with Gasteiger partial charge in [0, 0.05) is 17.6 Å². The summed E-state index contributed by atoms with van der Waals surface area (Å²) in [7, 11) is 1.66. The van der Waals surface area contributed by atoms with Crippen LogP contribution in [0.5, 0.6) is 0 Å². The summed E-state index contributed by atoms with van der Waals surface area (Å²) in [5.74, 6) is 6.03. The van der Waals surface area contributed by atoms with E-state index in [1.165, 1.54) is 0 Å². The van der Waals surface area contributed by atoms with Crippen LogP contribution in [0.25, 0.3) is 0 Å². The quantitative estimate of drug-likeness (QED) is 0.334. The molecule has 0 saturated carbocycles. The molecule has 0 fully saturated rings. The number of nitrogens with zero attached hydrogens (tertiary/aromatic N) is 1. The van der Waals surface area contributed by atoms with Crippen LogP contribution in [-0.2, 0) is 4.74 Å². The Bertz CT molecular complexity index is 408. The Morgan fingerprint density at radius 1 is 1.37 bits per heavy atom. The molecule has 6 heteroatoms. The van der Waals surface area contributed by atoms with Gasteiger partial charge >= 0.3 is 0 Å². The van der Waals surface area contributed by atoms with Crippen molar-refractivity contribution in [2.24, 2.45) is 10.8 Å². The molecule has 0 aliphatic carbocycles. The summed E-state index contributed by atoms with van der Waals surface area (Å²) in [4.78, 5) is 4.52. The minimum absolute atomic E-state index is 0.0152. The highest BCUT2D eigenvalue weighted by atomic mass is 79.9. The maximum atomic E-state index is 5.48. The molecule has 0 heterocycles. The third-order valence-electron chi connectivity index (χ3n) is 2.61. The molecule has 0 radical (unpaired) electrons. The van der Waals surface area contributed by atoms with Crippen molar-refractivity contribution in [1.82, 2.24) is 10.7 Å². The van der Waals surface area contributed by atoms with Crippen LogP contribution in [0.1, 0.15) is 25.5 Å². The Balaban J connectivity index is 2.71. The highest BCUT2D eigenvalue weighted by Gasteiger charge is 2.08. The van der Waals surface area contributed by atoms with Gasteiger partial charge in [0.05, 0.1) is 12.6 Å². The van der Waals surface area contributed by atoms with Crippen molar-refractivity contribution in [2.75, 3.05) is 13.7 Å². The highest BCUT2D eigenvalue weighted by molar-refractivity contribution is 9.10. The Hall–Kier alpha value is -1.11. The number of benzene rings is 1. The molecule has 0 bridgehead atoms. The molecule has 19 heavy (non-hydrogen) atoms. The van der Waals surface area contributed by atoms with Gasteiger partial charge in [0.1, 0.15) is 0 Å². The number of halogens is 1. The Labute approximate surface area is 122 Å². The van der Waals surface area contributed by atoms with E-state index in [1.807, 2.05) is 38.1 Å². The van der Waals surface area contributed by atoms with Crippen molar-refractivity contribution in [3.63, 3.8) is 0 Å². The fourth-order valence-electron chi connectivity index (χ4n) is 1.65. The number of guanidine groups is 1. The molecule has 1 rings (SSSR count). The van der Waals surface area contributed by atoms with Crippen LogP contribution in [0.3, 0.4) is 0 Å². The molecule has 0 spiro atoms. The predicted octanol–water partition coefficient (Wildman–Crippen LogP) is 1.95. The zero-order valence-corrected chi connectivity index (χ0v) is 13.1. The van der Waals surface area contributed by atoms with Gasteiger partial charge in [-0.15, -0.1) is 0 Å². The molecule has 5 nitrogen and oxygen atoms in total. The lowest BCUT2D eigenvalue weighted by molar-refractivity contribution is 0.179. The van der Waals surface area contributed by atoms with Crippen molar-refractivity contribution in [3.8, 4) is 0 Å². The van der Waals surface area contributed by atoms with Crippen molar-refractivity contribution in [1.29, 1.82) is 0 Å². The predicted molar refractivity (Wildman–Crippen MR) is 81.8 cm³/mol. The molecular weight excluding hydrogens is 308 g/mol. The van der Waals surface area contributed by atoms with E-state index in [0.29, 0.717) is 12.6 Å². The van der Waals surface area contributed by atoms with E-state index in [0.717, 1.165) is 10.0 Å². The zero-order chi connectivity index (χ0) is 14.3. The highest BCUT2D eigenvalue weighted by Crippen LogP contribution is 2.19. The van der Waals surface area contributed by atoms with Gasteiger partial charge in [-0.2, -0.15) is 0 Å². The standard InChI is InChI=1S/C13H21BrN4O/c1-9(8-19-3)16-13(18-15)17-10(2)11-4-6-12(14)7-5-11/h4-7,9-10H,8,15H2,1-3H3,(H2,16,17,18). The summed E-state index contributed by atoms with van der Waals surface area (Å²) in [6.07, 6.45) is 0. The first-order valence-electron chi connectivity index (χ1n) is 6.12. The summed E-state index contributed by atoms with van der Waals surface area (Å²) in [5.41, 5.74) is 3.70. The molecular formula is C13H21BrN4O. The van der Waals surface area contributed by atoms with Crippen LogP contribution < -0.4 is 16.6 Å². The summed E-state index contributed by atoms with van der Waals surface area (Å²) < 4.78 is 6.11. The van der Waals surface area contributed by atoms with E-state index in [2.05, 4.69) is 31.7 Å².